The van der Waals surface area contributed by atoms with Crippen LogP contribution in [0.5, 0.6) is 0 Å². The molecule has 0 aliphatic carbocycles. The molecule has 24 heavy (non-hydrogen) atoms. The average Bonchev–Trinajstić information content (AvgIpc) is 3.03. The van der Waals surface area contributed by atoms with Crippen molar-refractivity contribution >= 4 is 38.9 Å². The Hall–Kier alpha value is -2.90. The zero-order valence-electron chi connectivity index (χ0n) is 13.6. The fraction of sp³-hybridized carbons (Fsp3) is 0.100. The average molecular weight is 331 g/mol. The smallest absolute Gasteiger partial charge is 0.135 e. The van der Waals surface area contributed by atoms with Crippen molar-refractivity contribution < 1.29 is 0 Å². The number of thiazole rings is 1. The van der Waals surface area contributed by atoms with Gasteiger partial charge in [0.05, 0.1) is 15.8 Å². The third-order valence-corrected chi connectivity index (χ3v) is 4.68. The van der Waals surface area contributed by atoms with Crippen LogP contribution >= 0.6 is 11.3 Å². The van der Waals surface area contributed by atoms with E-state index in [1.54, 1.807) is 11.3 Å². The number of aromatic nitrogens is 1. The summed E-state index contributed by atoms with van der Waals surface area (Å²) < 4.78 is 1.09. The van der Waals surface area contributed by atoms with E-state index in [0.29, 0.717) is 5.57 Å². The van der Waals surface area contributed by atoms with Crippen LogP contribution < -0.4 is 4.90 Å². The summed E-state index contributed by atoms with van der Waals surface area (Å²) in [4.78, 5) is 6.59. The van der Waals surface area contributed by atoms with E-state index in [1.165, 1.54) is 0 Å². The molecule has 2 aromatic carbocycles. The summed E-state index contributed by atoms with van der Waals surface area (Å²) in [5.41, 5.74) is 3.77. The van der Waals surface area contributed by atoms with Crippen LogP contribution in [0.4, 0.5) is 5.69 Å². The van der Waals surface area contributed by atoms with E-state index >= 15 is 0 Å². The molecule has 118 valence electrons. The first-order valence-corrected chi connectivity index (χ1v) is 8.41. The third kappa shape index (κ3) is 3.53. The van der Waals surface area contributed by atoms with E-state index in [4.69, 9.17) is 0 Å². The normalized spacial score (nSPS) is 11.8. The van der Waals surface area contributed by atoms with Gasteiger partial charge in [-0.05, 0) is 35.9 Å². The summed E-state index contributed by atoms with van der Waals surface area (Å²) in [6.45, 7) is 0. The van der Waals surface area contributed by atoms with Gasteiger partial charge in [-0.2, -0.15) is 5.26 Å². The number of anilines is 1. The Labute approximate surface area is 145 Å². The molecular formula is C20H17N3S. The highest BCUT2D eigenvalue weighted by Crippen LogP contribution is 2.26. The SMILES string of the molecule is CN(C)c1ccc(C=CC=C(C#N)c2nc3ccccc3s2)cc1. The van der Waals surface area contributed by atoms with Crippen LogP contribution in [0.2, 0.25) is 0 Å². The molecule has 3 aromatic rings. The van der Waals surface area contributed by atoms with Gasteiger partial charge in [0.25, 0.3) is 0 Å². The summed E-state index contributed by atoms with van der Waals surface area (Å²) in [6, 6.07) is 18.4. The van der Waals surface area contributed by atoms with Gasteiger partial charge >= 0.3 is 0 Å². The lowest BCUT2D eigenvalue weighted by molar-refractivity contribution is 1.13. The highest BCUT2D eigenvalue weighted by atomic mass is 32.1. The quantitative estimate of drug-likeness (QED) is 0.500. The van der Waals surface area contributed by atoms with Crippen molar-refractivity contribution in [2.24, 2.45) is 0 Å². The van der Waals surface area contributed by atoms with Crippen molar-refractivity contribution in [1.82, 2.24) is 4.98 Å². The van der Waals surface area contributed by atoms with E-state index in [9.17, 15) is 5.26 Å². The number of hydrogen-bond acceptors (Lipinski definition) is 4. The minimum absolute atomic E-state index is 0.581. The Bertz CT molecular complexity index is 908. The van der Waals surface area contributed by atoms with E-state index in [0.717, 1.165) is 26.5 Å². The van der Waals surface area contributed by atoms with Crippen molar-refractivity contribution in [3.05, 3.63) is 71.3 Å². The molecule has 0 radical (unpaired) electrons. The van der Waals surface area contributed by atoms with Crippen molar-refractivity contribution in [2.75, 3.05) is 19.0 Å². The lowest BCUT2D eigenvalue weighted by atomic mass is 10.1. The van der Waals surface area contributed by atoms with Crippen LogP contribution in [0.1, 0.15) is 10.6 Å². The van der Waals surface area contributed by atoms with E-state index in [-0.39, 0.29) is 0 Å². The molecule has 0 amide bonds. The summed E-state index contributed by atoms with van der Waals surface area (Å²) in [7, 11) is 4.04. The minimum atomic E-state index is 0.581. The third-order valence-electron chi connectivity index (χ3n) is 3.61. The molecule has 0 aliphatic heterocycles. The van der Waals surface area contributed by atoms with Gasteiger partial charge in [-0.3, -0.25) is 0 Å². The van der Waals surface area contributed by atoms with Crippen LogP contribution in [0.25, 0.3) is 21.9 Å². The first kappa shape index (κ1) is 16.0. The zero-order valence-corrected chi connectivity index (χ0v) is 14.4. The highest BCUT2D eigenvalue weighted by molar-refractivity contribution is 7.19. The molecule has 0 bridgehead atoms. The molecule has 0 atom stereocenters. The van der Waals surface area contributed by atoms with Crippen LogP contribution in [-0.2, 0) is 0 Å². The molecule has 0 fully saturated rings. The Morgan fingerprint density at radius 3 is 2.54 bits per heavy atom. The second-order valence-corrected chi connectivity index (χ2v) is 6.55. The number of fused-ring (bicyclic) bond motifs is 1. The Balaban J connectivity index is 1.81. The second-order valence-electron chi connectivity index (χ2n) is 5.52. The van der Waals surface area contributed by atoms with Crippen molar-refractivity contribution in [1.29, 1.82) is 5.26 Å². The number of para-hydroxylation sites is 1. The van der Waals surface area contributed by atoms with Gasteiger partial charge in [-0.1, -0.05) is 36.4 Å². The number of rotatable bonds is 4. The fourth-order valence-electron chi connectivity index (χ4n) is 2.28. The molecule has 0 saturated heterocycles. The molecule has 0 saturated carbocycles. The van der Waals surface area contributed by atoms with Crippen molar-refractivity contribution in [2.45, 2.75) is 0 Å². The number of nitriles is 1. The number of hydrogen-bond donors (Lipinski definition) is 0. The molecule has 1 heterocycles. The van der Waals surface area contributed by atoms with E-state index < -0.39 is 0 Å². The topological polar surface area (TPSA) is 39.9 Å². The van der Waals surface area contributed by atoms with Crippen LogP contribution in [-0.4, -0.2) is 19.1 Å². The Morgan fingerprint density at radius 2 is 1.88 bits per heavy atom. The van der Waals surface area contributed by atoms with Gasteiger partial charge in [-0.15, -0.1) is 11.3 Å². The maximum Gasteiger partial charge on any atom is 0.135 e. The van der Waals surface area contributed by atoms with Gasteiger partial charge in [-0.25, -0.2) is 4.98 Å². The zero-order chi connectivity index (χ0) is 16.9. The summed E-state index contributed by atoms with van der Waals surface area (Å²) in [5, 5.41) is 10.2. The summed E-state index contributed by atoms with van der Waals surface area (Å²) in [6.07, 6.45) is 5.71. The first-order valence-electron chi connectivity index (χ1n) is 7.59. The Morgan fingerprint density at radius 1 is 1.12 bits per heavy atom. The standard InChI is InChI=1S/C20H17N3S/c1-23(2)17-12-10-15(11-13-17)6-5-7-16(14-21)20-22-18-8-3-4-9-19(18)24-20/h3-13H,1-2H3. The van der Waals surface area contributed by atoms with Crippen molar-refractivity contribution in [3.8, 4) is 6.07 Å². The molecule has 0 aliphatic rings. The predicted molar refractivity (Wildman–Crippen MR) is 103 cm³/mol. The molecular weight excluding hydrogens is 314 g/mol. The van der Waals surface area contributed by atoms with Crippen LogP contribution in [0.3, 0.4) is 0 Å². The molecule has 0 spiro atoms. The molecule has 1 aromatic heterocycles. The second kappa shape index (κ2) is 7.12. The first-order chi connectivity index (χ1) is 11.7. The van der Waals surface area contributed by atoms with Crippen LogP contribution in [0.15, 0.2) is 60.7 Å². The monoisotopic (exact) mass is 331 g/mol. The largest absolute Gasteiger partial charge is 0.378 e. The number of benzene rings is 2. The summed E-state index contributed by atoms with van der Waals surface area (Å²) in [5.74, 6) is 0. The molecule has 0 unspecified atom stereocenters. The van der Waals surface area contributed by atoms with E-state index in [2.05, 4.69) is 40.2 Å². The predicted octanol–water partition coefficient (Wildman–Crippen LogP) is 4.98. The highest BCUT2D eigenvalue weighted by Gasteiger charge is 2.07. The van der Waals surface area contributed by atoms with Gasteiger partial charge in [0.2, 0.25) is 0 Å². The molecule has 4 heteroatoms. The Kier molecular flexibility index (Phi) is 4.74. The molecule has 0 N–H and O–H groups in total. The number of nitrogens with zero attached hydrogens (tertiary/aromatic N) is 3. The van der Waals surface area contributed by atoms with Gasteiger partial charge in [0, 0.05) is 19.8 Å². The van der Waals surface area contributed by atoms with Crippen LogP contribution in [0, 0.1) is 11.3 Å². The van der Waals surface area contributed by atoms with E-state index in [1.807, 2.05) is 56.6 Å². The van der Waals surface area contributed by atoms with Gasteiger partial charge in [0.1, 0.15) is 11.1 Å². The lowest BCUT2D eigenvalue weighted by Crippen LogP contribution is -2.07. The fourth-order valence-corrected chi connectivity index (χ4v) is 3.22. The number of allylic oxidation sites excluding steroid dienone is 3. The van der Waals surface area contributed by atoms with Gasteiger partial charge < -0.3 is 4.90 Å². The van der Waals surface area contributed by atoms with Crippen molar-refractivity contribution in [3.63, 3.8) is 0 Å². The maximum atomic E-state index is 9.41. The lowest BCUT2D eigenvalue weighted by Gasteiger charge is -2.11. The minimum Gasteiger partial charge on any atom is -0.378 e. The molecule has 3 nitrogen and oxygen atoms in total. The van der Waals surface area contributed by atoms with Gasteiger partial charge in [0.15, 0.2) is 0 Å². The maximum absolute atomic E-state index is 9.41. The summed E-state index contributed by atoms with van der Waals surface area (Å²) >= 11 is 1.54. The molecule has 3 rings (SSSR count).